The summed E-state index contributed by atoms with van der Waals surface area (Å²) in [7, 11) is 0. The number of likely N-dealkylation sites (tertiary alicyclic amines) is 1. The van der Waals surface area contributed by atoms with Crippen molar-refractivity contribution in [2.45, 2.75) is 26.2 Å². The number of aromatic nitrogens is 1. The number of aliphatic carboxylic acids is 1. The number of hydrogen-bond donors (Lipinski definition) is 2. The number of halogens is 1. The van der Waals surface area contributed by atoms with Gasteiger partial charge in [-0.2, -0.15) is 0 Å². The topological polar surface area (TPSA) is 82.5 Å². The van der Waals surface area contributed by atoms with E-state index in [0.717, 1.165) is 21.9 Å². The van der Waals surface area contributed by atoms with Gasteiger partial charge < -0.3 is 10.0 Å². The number of hydrogen-bond acceptors (Lipinski definition) is 4. The third kappa shape index (κ3) is 4.53. The number of aryl methyl sites for hydroxylation is 1. The highest BCUT2D eigenvalue weighted by Gasteiger charge is 2.27. The minimum Gasteiger partial charge on any atom is -0.481 e. The first-order chi connectivity index (χ1) is 12.4. The minimum absolute atomic E-state index is 0.225. The number of carbonyl (C=O) groups excluding carboxylic acids is 1. The van der Waals surface area contributed by atoms with Crippen molar-refractivity contribution in [3.8, 4) is 0 Å². The molecule has 8 heteroatoms. The average molecular weight is 394 g/mol. The first-order valence-corrected chi connectivity index (χ1v) is 9.60. The van der Waals surface area contributed by atoms with Crippen molar-refractivity contribution < 1.29 is 14.7 Å². The monoisotopic (exact) mass is 393 g/mol. The van der Waals surface area contributed by atoms with E-state index >= 15 is 0 Å². The molecule has 1 aromatic heterocycles. The summed E-state index contributed by atoms with van der Waals surface area (Å²) in [5.74, 6) is -1.14. The second-order valence-electron chi connectivity index (χ2n) is 6.41. The van der Waals surface area contributed by atoms with Crippen LogP contribution in [0.3, 0.4) is 0 Å². The molecule has 26 heavy (non-hydrogen) atoms. The Morgan fingerprint density at radius 1 is 1.38 bits per heavy atom. The van der Waals surface area contributed by atoms with E-state index in [1.165, 1.54) is 16.9 Å². The zero-order valence-electron chi connectivity index (χ0n) is 14.4. The molecule has 6 nitrogen and oxygen atoms in total. The van der Waals surface area contributed by atoms with Gasteiger partial charge in [-0.3, -0.25) is 10.1 Å². The van der Waals surface area contributed by atoms with Gasteiger partial charge >= 0.3 is 12.0 Å². The summed E-state index contributed by atoms with van der Waals surface area (Å²) in [5, 5.41) is 13.1. The lowest BCUT2D eigenvalue weighted by Crippen LogP contribution is -2.42. The molecular formula is C18H20ClN3O3S. The number of benzene rings is 1. The van der Waals surface area contributed by atoms with Crippen LogP contribution in [-0.2, 0) is 11.2 Å². The lowest BCUT2D eigenvalue weighted by atomic mass is 9.97. The van der Waals surface area contributed by atoms with Crippen LogP contribution in [0.25, 0.3) is 0 Å². The van der Waals surface area contributed by atoms with Crippen molar-refractivity contribution in [2.24, 2.45) is 5.92 Å². The van der Waals surface area contributed by atoms with E-state index in [0.29, 0.717) is 31.1 Å². The number of amides is 2. The van der Waals surface area contributed by atoms with Crippen molar-refractivity contribution in [2.75, 3.05) is 18.4 Å². The Kier molecular flexibility index (Phi) is 5.78. The van der Waals surface area contributed by atoms with Crippen LogP contribution in [0.4, 0.5) is 9.93 Å². The highest BCUT2D eigenvalue weighted by atomic mass is 35.5. The van der Waals surface area contributed by atoms with E-state index in [2.05, 4.69) is 10.3 Å². The van der Waals surface area contributed by atoms with Gasteiger partial charge in [0.05, 0.1) is 5.92 Å². The van der Waals surface area contributed by atoms with E-state index in [1.807, 2.05) is 25.1 Å². The Balaban J connectivity index is 1.56. The largest absolute Gasteiger partial charge is 0.481 e. The third-order valence-electron chi connectivity index (χ3n) is 4.57. The summed E-state index contributed by atoms with van der Waals surface area (Å²) >= 11 is 7.43. The van der Waals surface area contributed by atoms with Gasteiger partial charge in [0.15, 0.2) is 5.13 Å². The number of anilines is 1. The molecule has 0 saturated carbocycles. The number of piperidine rings is 1. The summed E-state index contributed by atoms with van der Waals surface area (Å²) in [6.07, 6.45) is 3.48. The van der Waals surface area contributed by atoms with Gasteiger partial charge in [-0.1, -0.05) is 17.7 Å². The number of nitrogens with one attached hydrogen (secondary N) is 1. The third-order valence-corrected chi connectivity index (χ3v) is 5.72. The van der Waals surface area contributed by atoms with Gasteiger partial charge in [0, 0.05) is 35.6 Å². The number of urea groups is 1. The fourth-order valence-corrected chi connectivity index (χ4v) is 4.04. The Morgan fingerprint density at radius 3 is 2.77 bits per heavy atom. The van der Waals surface area contributed by atoms with Crippen molar-refractivity contribution >= 4 is 40.1 Å². The molecule has 1 saturated heterocycles. The Bertz CT molecular complexity index is 816. The van der Waals surface area contributed by atoms with Crippen molar-refractivity contribution in [1.82, 2.24) is 9.88 Å². The molecule has 0 spiro atoms. The standard InChI is InChI=1S/C18H20ClN3O3S/c1-11-8-14(19)3-2-13(11)9-15-10-20-17(26-15)21-18(25)22-6-4-12(5-7-22)16(23)24/h2-3,8,10,12H,4-7,9H2,1H3,(H,23,24)(H,20,21,25). The lowest BCUT2D eigenvalue weighted by Gasteiger charge is -2.29. The van der Waals surface area contributed by atoms with Crippen LogP contribution in [0.2, 0.25) is 5.02 Å². The van der Waals surface area contributed by atoms with Gasteiger partial charge in [0.25, 0.3) is 0 Å². The molecule has 0 atom stereocenters. The molecule has 2 heterocycles. The summed E-state index contributed by atoms with van der Waals surface area (Å²) in [4.78, 5) is 30.3. The second-order valence-corrected chi connectivity index (χ2v) is 7.96. The average Bonchev–Trinajstić information content (AvgIpc) is 3.04. The first kappa shape index (κ1) is 18.7. The molecule has 1 fully saturated rings. The SMILES string of the molecule is Cc1cc(Cl)ccc1Cc1cnc(NC(=O)N2CCC(C(=O)O)CC2)s1. The maximum absolute atomic E-state index is 12.3. The number of carboxylic acids is 1. The molecule has 1 aliphatic heterocycles. The summed E-state index contributed by atoms with van der Waals surface area (Å²) < 4.78 is 0. The quantitative estimate of drug-likeness (QED) is 0.821. The molecule has 138 valence electrons. The van der Waals surface area contributed by atoms with E-state index in [4.69, 9.17) is 16.7 Å². The van der Waals surface area contributed by atoms with Crippen LogP contribution in [0, 0.1) is 12.8 Å². The molecular weight excluding hydrogens is 374 g/mol. The van der Waals surface area contributed by atoms with Crippen molar-refractivity contribution in [3.05, 3.63) is 45.4 Å². The number of thiazole rings is 1. The van der Waals surface area contributed by atoms with Gasteiger partial charge in [-0.05, 0) is 43.0 Å². The molecule has 3 rings (SSSR count). The first-order valence-electron chi connectivity index (χ1n) is 8.41. The molecule has 0 unspecified atom stereocenters. The van der Waals surface area contributed by atoms with Gasteiger partial charge in [-0.15, -0.1) is 11.3 Å². The second kappa shape index (κ2) is 8.05. The predicted octanol–water partition coefficient (Wildman–Crippen LogP) is 4.02. The Morgan fingerprint density at radius 2 is 2.12 bits per heavy atom. The molecule has 1 aromatic carbocycles. The lowest BCUT2D eigenvalue weighted by molar-refractivity contribution is -0.143. The number of carbonyl (C=O) groups is 2. The highest BCUT2D eigenvalue weighted by Crippen LogP contribution is 2.25. The van der Waals surface area contributed by atoms with Crippen molar-refractivity contribution in [3.63, 3.8) is 0 Å². The maximum Gasteiger partial charge on any atom is 0.323 e. The molecule has 0 radical (unpaired) electrons. The van der Waals surface area contributed by atoms with E-state index in [9.17, 15) is 9.59 Å². The van der Waals surface area contributed by atoms with E-state index in [1.54, 1.807) is 11.1 Å². The van der Waals surface area contributed by atoms with Crippen LogP contribution in [-0.4, -0.2) is 40.1 Å². The molecule has 2 N–H and O–H groups in total. The molecule has 2 amide bonds. The number of carboxylic acid groups (broad SMARTS) is 1. The molecule has 0 aliphatic carbocycles. The van der Waals surface area contributed by atoms with E-state index < -0.39 is 5.97 Å². The van der Waals surface area contributed by atoms with Gasteiger partial charge in [0.2, 0.25) is 0 Å². The summed E-state index contributed by atoms with van der Waals surface area (Å²) in [5.41, 5.74) is 2.30. The smallest absolute Gasteiger partial charge is 0.323 e. The normalized spacial score (nSPS) is 15.1. The van der Waals surface area contributed by atoms with Gasteiger partial charge in [0.1, 0.15) is 0 Å². The van der Waals surface area contributed by atoms with Crippen LogP contribution in [0.15, 0.2) is 24.4 Å². The zero-order chi connectivity index (χ0) is 18.7. The zero-order valence-corrected chi connectivity index (χ0v) is 15.9. The number of rotatable bonds is 4. The van der Waals surface area contributed by atoms with Crippen LogP contribution in [0.5, 0.6) is 0 Å². The summed E-state index contributed by atoms with van der Waals surface area (Å²) in [6, 6.07) is 5.58. The predicted molar refractivity (Wildman–Crippen MR) is 102 cm³/mol. The molecule has 1 aliphatic rings. The number of nitrogens with zero attached hydrogens (tertiary/aromatic N) is 2. The Hall–Kier alpha value is -2.12. The van der Waals surface area contributed by atoms with Crippen molar-refractivity contribution in [1.29, 1.82) is 0 Å². The van der Waals surface area contributed by atoms with Gasteiger partial charge in [-0.25, -0.2) is 9.78 Å². The Labute approximate surface area is 160 Å². The fraction of sp³-hybridized carbons (Fsp3) is 0.389. The molecule has 0 bridgehead atoms. The summed E-state index contributed by atoms with van der Waals surface area (Å²) in [6.45, 7) is 2.92. The van der Waals surface area contributed by atoms with E-state index in [-0.39, 0.29) is 11.9 Å². The van der Waals surface area contributed by atoms with Crippen LogP contribution in [0.1, 0.15) is 28.8 Å². The highest BCUT2D eigenvalue weighted by molar-refractivity contribution is 7.15. The fourth-order valence-electron chi connectivity index (χ4n) is 2.99. The minimum atomic E-state index is -0.785. The van der Waals surface area contributed by atoms with Crippen LogP contribution >= 0.6 is 22.9 Å². The van der Waals surface area contributed by atoms with Crippen LogP contribution < -0.4 is 5.32 Å². The molecule has 2 aromatic rings. The maximum atomic E-state index is 12.3.